The Hall–Kier alpha value is -7.47. The Morgan fingerprint density at radius 1 is 0.345 bits per heavy atom. The Labute approximate surface area is 337 Å². The molecule has 12 rings (SSSR count). The average molecular weight is 758 g/mol. The smallest absolute Gasteiger partial charge is 0.164 e. The summed E-state index contributed by atoms with van der Waals surface area (Å²) in [5.41, 5.74) is 8.95. The Bertz CT molecular complexity index is 3590. The minimum absolute atomic E-state index is 0.596. The molecule has 0 aliphatic carbocycles. The van der Waals surface area contributed by atoms with Crippen LogP contribution in [0.1, 0.15) is 0 Å². The summed E-state index contributed by atoms with van der Waals surface area (Å²) in [5, 5.41) is 9.48. The van der Waals surface area contributed by atoms with Gasteiger partial charge in [0.2, 0.25) is 0 Å². The molecule has 12 aromatic rings. The maximum Gasteiger partial charge on any atom is 0.164 e. The molecule has 58 heavy (non-hydrogen) atoms. The van der Waals surface area contributed by atoms with Gasteiger partial charge in [0, 0.05) is 47.6 Å². The maximum atomic E-state index is 6.66. The summed E-state index contributed by atoms with van der Waals surface area (Å²) in [5.74, 6) is 1.83. The third-order valence-corrected chi connectivity index (χ3v) is 12.5. The first-order valence-corrected chi connectivity index (χ1v) is 20.2. The molecule has 9 aromatic carbocycles. The summed E-state index contributed by atoms with van der Waals surface area (Å²) < 4.78 is 9.22. The fourth-order valence-corrected chi connectivity index (χ4v) is 9.85. The normalized spacial score (nSPS) is 11.8. The Morgan fingerprint density at radius 2 is 0.983 bits per heavy atom. The summed E-state index contributed by atoms with van der Waals surface area (Å²) in [6.07, 6.45) is 0. The predicted molar refractivity (Wildman–Crippen MR) is 242 cm³/mol. The maximum absolute atomic E-state index is 6.66. The van der Waals surface area contributed by atoms with Gasteiger partial charge in [-0.3, -0.25) is 0 Å². The van der Waals surface area contributed by atoms with Crippen molar-refractivity contribution in [2.75, 3.05) is 0 Å². The van der Waals surface area contributed by atoms with Crippen molar-refractivity contribution >= 4 is 75.0 Å². The zero-order valence-corrected chi connectivity index (χ0v) is 31.9. The van der Waals surface area contributed by atoms with Crippen LogP contribution in [0.15, 0.2) is 192 Å². The molecule has 0 radical (unpaired) electrons. The number of fused-ring (bicyclic) bond motifs is 9. The van der Waals surface area contributed by atoms with Gasteiger partial charge in [-0.2, -0.15) is 0 Å². The van der Waals surface area contributed by atoms with E-state index in [2.05, 4.69) is 146 Å². The van der Waals surface area contributed by atoms with E-state index in [-0.39, 0.29) is 0 Å². The molecule has 0 amide bonds. The van der Waals surface area contributed by atoms with E-state index >= 15 is 0 Å². The second kappa shape index (κ2) is 13.1. The largest absolute Gasteiger partial charge is 0.456 e. The van der Waals surface area contributed by atoms with Crippen LogP contribution in [-0.4, -0.2) is 15.0 Å². The molecule has 0 aliphatic rings. The van der Waals surface area contributed by atoms with E-state index in [4.69, 9.17) is 19.4 Å². The number of benzene rings is 9. The SMILES string of the molecule is c1ccc(-c2nc(-c3cccc(-c4cccc5c4sc4ccccc45)c3)nc(-c3cccc4oc5cc(-c6cc7ccccc7c7ccccc67)ccc5c34)n2)cc1. The van der Waals surface area contributed by atoms with Gasteiger partial charge in [0.25, 0.3) is 0 Å². The van der Waals surface area contributed by atoms with E-state index < -0.39 is 0 Å². The number of thiophene rings is 1. The van der Waals surface area contributed by atoms with Crippen LogP contribution in [0.5, 0.6) is 0 Å². The molecule has 270 valence electrons. The van der Waals surface area contributed by atoms with Crippen LogP contribution in [0.2, 0.25) is 0 Å². The highest BCUT2D eigenvalue weighted by Gasteiger charge is 2.20. The first-order chi connectivity index (χ1) is 28.7. The second-order valence-corrected chi connectivity index (χ2v) is 15.8. The monoisotopic (exact) mass is 757 g/mol. The lowest BCUT2D eigenvalue weighted by Crippen LogP contribution is -2.00. The van der Waals surface area contributed by atoms with Crippen LogP contribution in [0.25, 0.3) is 120 Å². The minimum Gasteiger partial charge on any atom is -0.456 e. The van der Waals surface area contributed by atoms with Gasteiger partial charge in [0.05, 0.1) is 0 Å². The lowest BCUT2D eigenvalue weighted by atomic mass is 9.93. The van der Waals surface area contributed by atoms with Crippen molar-refractivity contribution in [1.82, 2.24) is 15.0 Å². The van der Waals surface area contributed by atoms with Gasteiger partial charge in [-0.1, -0.05) is 152 Å². The van der Waals surface area contributed by atoms with Crippen molar-refractivity contribution in [1.29, 1.82) is 0 Å². The van der Waals surface area contributed by atoms with Crippen LogP contribution >= 0.6 is 11.3 Å². The molecule has 0 spiro atoms. The first-order valence-electron chi connectivity index (χ1n) is 19.4. The summed E-state index contributed by atoms with van der Waals surface area (Å²) in [4.78, 5) is 15.5. The average Bonchev–Trinajstić information content (AvgIpc) is 3.87. The van der Waals surface area contributed by atoms with Crippen LogP contribution in [0, 0.1) is 0 Å². The quantitative estimate of drug-likeness (QED) is 0.164. The highest BCUT2D eigenvalue weighted by molar-refractivity contribution is 7.26. The molecule has 4 nitrogen and oxygen atoms in total. The number of nitrogens with zero attached hydrogens (tertiary/aromatic N) is 3. The molecule has 0 bridgehead atoms. The molecular formula is C53H31N3OS. The zero-order valence-electron chi connectivity index (χ0n) is 31.1. The van der Waals surface area contributed by atoms with Gasteiger partial charge in [-0.15, -0.1) is 11.3 Å². The first kappa shape index (κ1) is 32.7. The minimum atomic E-state index is 0.596. The van der Waals surface area contributed by atoms with Gasteiger partial charge in [-0.05, 0) is 80.2 Å². The van der Waals surface area contributed by atoms with Crippen molar-refractivity contribution < 1.29 is 4.42 Å². The molecule has 0 unspecified atom stereocenters. The number of rotatable bonds is 5. The highest BCUT2D eigenvalue weighted by Crippen LogP contribution is 2.42. The number of hydrogen-bond acceptors (Lipinski definition) is 5. The molecule has 3 aromatic heterocycles. The zero-order chi connectivity index (χ0) is 38.2. The predicted octanol–water partition coefficient (Wildman–Crippen LogP) is 14.8. The van der Waals surface area contributed by atoms with E-state index in [0.29, 0.717) is 17.5 Å². The van der Waals surface area contributed by atoms with E-state index in [0.717, 1.165) is 49.8 Å². The third-order valence-electron chi connectivity index (χ3n) is 11.3. The van der Waals surface area contributed by atoms with Gasteiger partial charge in [0.1, 0.15) is 11.2 Å². The van der Waals surface area contributed by atoms with Gasteiger partial charge < -0.3 is 4.42 Å². The van der Waals surface area contributed by atoms with Crippen LogP contribution < -0.4 is 0 Å². The fourth-order valence-electron chi connectivity index (χ4n) is 8.61. The van der Waals surface area contributed by atoms with Crippen LogP contribution in [-0.2, 0) is 0 Å². The summed E-state index contributed by atoms with van der Waals surface area (Å²) >= 11 is 1.84. The fraction of sp³-hybridized carbons (Fsp3) is 0. The molecule has 0 N–H and O–H groups in total. The van der Waals surface area contributed by atoms with Crippen molar-refractivity contribution in [3.63, 3.8) is 0 Å². The molecule has 0 atom stereocenters. The number of aromatic nitrogens is 3. The lowest BCUT2D eigenvalue weighted by molar-refractivity contribution is 0.669. The van der Waals surface area contributed by atoms with Crippen molar-refractivity contribution in [2.45, 2.75) is 0 Å². The topological polar surface area (TPSA) is 51.8 Å². The molecular weight excluding hydrogens is 727 g/mol. The molecule has 0 saturated carbocycles. The van der Waals surface area contributed by atoms with Gasteiger partial charge >= 0.3 is 0 Å². The second-order valence-electron chi connectivity index (χ2n) is 14.7. The Balaban J connectivity index is 1.02. The number of hydrogen-bond donors (Lipinski definition) is 0. The summed E-state index contributed by atoms with van der Waals surface area (Å²) in [7, 11) is 0. The Morgan fingerprint density at radius 3 is 1.88 bits per heavy atom. The van der Waals surface area contributed by atoms with Gasteiger partial charge in [0.15, 0.2) is 17.5 Å². The van der Waals surface area contributed by atoms with E-state index in [1.54, 1.807) is 0 Å². The summed E-state index contributed by atoms with van der Waals surface area (Å²) in [6.45, 7) is 0. The van der Waals surface area contributed by atoms with Crippen molar-refractivity contribution in [3.8, 4) is 56.4 Å². The highest BCUT2D eigenvalue weighted by atomic mass is 32.1. The van der Waals surface area contributed by atoms with Gasteiger partial charge in [-0.25, -0.2) is 15.0 Å². The molecule has 0 saturated heterocycles. The Kier molecular flexibility index (Phi) is 7.37. The van der Waals surface area contributed by atoms with Crippen LogP contribution in [0.3, 0.4) is 0 Å². The number of furan rings is 1. The summed E-state index contributed by atoms with van der Waals surface area (Å²) in [6, 6.07) is 66.2. The third kappa shape index (κ3) is 5.25. The molecule has 3 heterocycles. The standard InChI is InChI=1S/C53H31N3OS/c1-2-13-32(14-3-1)51-54-52(36-17-10-16-33(29-36)38-22-11-23-42-41-21-8-9-26-48(41)58-50(38)42)56-53(55-51)44-24-12-25-46-49(44)43-28-27-35(31-47(43)57-46)45-30-34-15-4-5-18-37(34)39-19-6-7-20-40(39)45/h1-31H. The van der Waals surface area contributed by atoms with Crippen molar-refractivity contribution in [3.05, 3.63) is 188 Å². The molecule has 0 aliphatic heterocycles. The van der Waals surface area contributed by atoms with E-state index in [1.807, 2.05) is 53.8 Å². The molecule has 5 heteroatoms. The van der Waals surface area contributed by atoms with E-state index in [9.17, 15) is 0 Å². The lowest BCUT2D eigenvalue weighted by Gasteiger charge is -2.11. The van der Waals surface area contributed by atoms with Crippen LogP contribution in [0.4, 0.5) is 0 Å². The van der Waals surface area contributed by atoms with Crippen molar-refractivity contribution in [2.24, 2.45) is 0 Å². The van der Waals surface area contributed by atoms with E-state index in [1.165, 1.54) is 52.8 Å². The molecule has 0 fully saturated rings.